The highest BCUT2D eigenvalue weighted by molar-refractivity contribution is 6.31. The van der Waals surface area contributed by atoms with Crippen molar-refractivity contribution in [3.05, 3.63) is 28.8 Å². The molecule has 0 spiro atoms. The second kappa shape index (κ2) is 8.82. The Morgan fingerprint density at radius 3 is 2.80 bits per heavy atom. The number of hydrogen-bond acceptors (Lipinski definition) is 4. The number of ether oxygens (including phenoxy) is 2. The zero-order chi connectivity index (χ0) is 15.0. The van der Waals surface area contributed by atoms with Gasteiger partial charge in [0.15, 0.2) is 0 Å². The molecule has 20 heavy (non-hydrogen) atoms. The van der Waals surface area contributed by atoms with Gasteiger partial charge in [-0.1, -0.05) is 31.5 Å². The summed E-state index contributed by atoms with van der Waals surface area (Å²) in [5.41, 5.74) is 0.945. The molecule has 0 saturated carbocycles. The molecule has 1 aromatic carbocycles. The number of esters is 1. The summed E-state index contributed by atoms with van der Waals surface area (Å²) < 4.78 is 10.3. The molecular formula is C15H22ClNO3. The molecule has 1 aromatic rings. The van der Waals surface area contributed by atoms with E-state index in [2.05, 4.69) is 23.9 Å². The summed E-state index contributed by atoms with van der Waals surface area (Å²) in [4.78, 5) is 11.0. The summed E-state index contributed by atoms with van der Waals surface area (Å²) in [6.45, 7) is 5.27. The van der Waals surface area contributed by atoms with Crippen LogP contribution in [-0.2, 0) is 16.1 Å². The van der Waals surface area contributed by atoms with Crippen LogP contribution in [0.25, 0.3) is 0 Å². The molecule has 0 unspecified atom stereocenters. The Bertz CT molecular complexity index is 435. The van der Waals surface area contributed by atoms with E-state index in [4.69, 9.17) is 16.3 Å². The number of methoxy groups -OCH3 is 1. The lowest BCUT2D eigenvalue weighted by Gasteiger charge is -2.15. The summed E-state index contributed by atoms with van der Waals surface area (Å²) in [5.74, 6) is 0.539. The molecule has 0 aliphatic heterocycles. The van der Waals surface area contributed by atoms with E-state index in [1.54, 1.807) is 0 Å². The van der Waals surface area contributed by atoms with Gasteiger partial charge in [0, 0.05) is 29.6 Å². The van der Waals surface area contributed by atoms with Crippen molar-refractivity contribution in [2.24, 2.45) is 0 Å². The highest BCUT2D eigenvalue weighted by Crippen LogP contribution is 2.26. The first kappa shape index (κ1) is 16.8. The number of rotatable bonds is 8. The summed E-state index contributed by atoms with van der Waals surface area (Å²) in [7, 11) is 1.38. The van der Waals surface area contributed by atoms with E-state index in [1.807, 2.05) is 18.2 Å². The van der Waals surface area contributed by atoms with Gasteiger partial charge in [-0.15, -0.1) is 0 Å². The maximum absolute atomic E-state index is 11.0. The van der Waals surface area contributed by atoms with Crippen molar-refractivity contribution >= 4 is 17.6 Å². The summed E-state index contributed by atoms with van der Waals surface area (Å²) in [6, 6.07) is 5.97. The van der Waals surface area contributed by atoms with Gasteiger partial charge in [-0.2, -0.15) is 0 Å². The monoisotopic (exact) mass is 299 g/mol. The third-order valence-corrected chi connectivity index (χ3v) is 3.13. The average Bonchev–Trinajstić information content (AvgIpc) is 2.42. The van der Waals surface area contributed by atoms with E-state index in [0.29, 0.717) is 37.1 Å². The molecule has 0 heterocycles. The molecule has 0 bridgehead atoms. The number of carbonyl (C=O) groups excluding carboxylic acids is 1. The first-order chi connectivity index (χ1) is 9.54. The van der Waals surface area contributed by atoms with E-state index in [0.717, 1.165) is 11.3 Å². The lowest BCUT2D eigenvalue weighted by Crippen LogP contribution is -2.22. The van der Waals surface area contributed by atoms with Crippen molar-refractivity contribution in [1.82, 2.24) is 5.32 Å². The second-order valence-electron chi connectivity index (χ2n) is 4.78. The van der Waals surface area contributed by atoms with Crippen LogP contribution in [0.2, 0.25) is 5.02 Å². The fourth-order valence-corrected chi connectivity index (χ4v) is 1.89. The number of halogens is 1. The van der Waals surface area contributed by atoms with Gasteiger partial charge in [-0.3, -0.25) is 4.79 Å². The molecule has 0 fully saturated rings. The minimum Gasteiger partial charge on any atom is -0.493 e. The van der Waals surface area contributed by atoms with Gasteiger partial charge in [0.25, 0.3) is 0 Å². The van der Waals surface area contributed by atoms with Crippen LogP contribution in [0.1, 0.15) is 32.3 Å². The van der Waals surface area contributed by atoms with Crippen molar-refractivity contribution < 1.29 is 14.3 Å². The van der Waals surface area contributed by atoms with Crippen molar-refractivity contribution in [2.45, 2.75) is 39.3 Å². The van der Waals surface area contributed by atoms with Crippen LogP contribution in [0.4, 0.5) is 0 Å². The number of hydrogen-bond donors (Lipinski definition) is 1. The number of carbonyl (C=O) groups is 1. The van der Waals surface area contributed by atoms with Crippen LogP contribution in [0.15, 0.2) is 18.2 Å². The highest BCUT2D eigenvalue weighted by Gasteiger charge is 2.09. The fraction of sp³-hybridized carbons (Fsp3) is 0.533. The largest absolute Gasteiger partial charge is 0.493 e. The molecule has 0 saturated heterocycles. The number of nitrogens with one attached hydrogen (secondary N) is 1. The first-order valence-electron chi connectivity index (χ1n) is 6.75. The van der Waals surface area contributed by atoms with E-state index < -0.39 is 0 Å². The van der Waals surface area contributed by atoms with Gasteiger partial charge < -0.3 is 14.8 Å². The van der Waals surface area contributed by atoms with E-state index in [9.17, 15) is 4.79 Å². The van der Waals surface area contributed by atoms with Gasteiger partial charge in [-0.05, 0) is 18.6 Å². The minimum atomic E-state index is -0.221. The zero-order valence-corrected chi connectivity index (χ0v) is 13.0. The van der Waals surface area contributed by atoms with Crippen LogP contribution in [0.5, 0.6) is 5.75 Å². The standard InChI is InChI=1S/C15H22ClNO3/c1-11(2)17-10-12-13(16)6-4-7-14(12)20-9-5-8-15(18)19-3/h4,6-7,11,17H,5,8-10H2,1-3H3. The van der Waals surface area contributed by atoms with Gasteiger partial charge in [-0.25, -0.2) is 0 Å². The highest BCUT2D eigenvalue weighted by atomic mass is 35.5. The average molecular weight is 300 g/mol. The Labute approximate surface area is 125 Å². The van der Waals surface area contributed by atoms with Crippen LogP contribution < -0.4 is 10.1 Å². The van der Waals surface area contributed by atoms with Crippen LogP contribution in [0.3, 0.4) is 0 Å². The fourth-order valence-electron chi connectivity index (χ4n) is 1.65. The van der Waals surface area contributed by atoms with E-state index in [-0.39, 0.29) is 5.97 Å². The van der Waals surface area contributed by atoms with Gasteiger partial charge in [0.2, 0.25) is 0 Å². The smallest absolute Gasteiger partial charge is 0.305 e. The van der Waals surface area contributed by atoms with Gasteiger partial charge in [0.05, 0.1) is 13.7 Å². The predicted octanol–water partition coefficient (Wildman–Crippen LogP) is 3.17. The van der Waals surface area contributed by atoms with E-state index >= 15 is 0 Å². The quantitative estimate of drug-likeness (QED) is 0.592. The molecule has 0 aliphatic carbocycles. The minimum absolute atomic E-state index is 0.221. The molecule has 5 heteroatoms. The molecule has 1 rings (SSSR count). The van der Waals surface area contributed by atoms with Crippen LogP contribution >= 0.6 is 11.6 Å². The maximum Gasteiger partial charge on any atom is 0.305 e. The lowest BCUT2D eigenvalue weighted by molar-refractivity contribution is -0.140. The normalized spacial score (nSPS) is 10.7. The Balaban J connectivity index is 2.55. The molecule has 0 atom stereocenters. The predicted molar refractivity (Wildman–Crippen MR) is 80.2 cm³/mol. The third-order valence-electron chi connectivity index (χ3n) is 2.77. The van der Waals surface area contributed by atoms with Crippen molar-refractivity contribution in [1.29, 1.82) is 0 Å². The van der Waals surface area contributed by atoms with Crippen molar-refractivity contribution in [3.63, 3.8) is 0 Å². The van der Waals surface area contributed by atoms with Gasteiger partial charge >= 0.3 is 5.97 Å². The maximum atomic E-state index is 11.0. The molecule has 0 aromatic heterocycles. The second-order valence-corrected chi connectivity index (χ2v) is 5.19. The Morgan fingerprint density at radius 1 is 1.40 bits per heavy atom. The lowest BCUT2D eigenvalue weighted by atomic mass is 10.2. The van der Waals surface area contributed by atoms with Crippen LogP contribution in [0, 0.1) is 0 Å². The van der Waals surface area contributed by atoms with Crippen LogP contribution in [-0.4, -0.2) is 25.7 Å². The summed E-state index contributed by atoms with van der Waals surface area (Å²) in [5, 5.41) is 4.01. The topological polar surface area (TPSA) is 47.6 Å². The number of benzene rings is 1. The molecule has 0 radical (unpaired) electrons. The zero-order valence-electron chi connectivity index (χ0n) is 12.2. The Morgan fingerprint density at radius 2 is 2.15 bits per heavy atom. The molecule has 4 nitrogen and oxygen atoms in total. The first-order valence-corrected chi connectivity index (χ1v) is 7.12. The van der Waals surface area contributed by atoms with Crippen molar-refractivity contribution in [2.75, 3.05) is 13.7 Å². The summed E-state index contributed by atoms with van der Waals surface area (Å²) >= 11 is 6.20. The van der Waals surface area contributed by atoms with E-state index in [1.165, 1.54) is 7.11 Å². The third kappa shape index (κ3) is 5.80. The Kier molecular flexibility index (Phi) is 7.41. The summed E-state index contributed by atoms with van der Waals surface area (Å²) in [6.07, 6.45) is 0.979. The molecule has 0 amide bonds. The molecular weight excluding hydrogens is 278 g/mol. The molecule has 1 N–H and O–H groups in total. The SMILES string of the molecule is COC(=O)CCCOc1cccc(Cl)c1CNC(C)C. The van der Waals surface area contributed by atoms with Crippen molar-refractivity contribution in [3.8, 4) is 5.75 Å². The van der Waals surface area contributed by atoms with Gasteiger partial charge in [0.1, 0.15) is 5.75 Å². The molecule has 0 aliphatic rings. The Hall–Kier alpha value is -1.26. The molecule has 112 valence electrons.